The van der Waals surface area contributed by atoms with E-state index in [0.717, 1.165) is 25.3 Å². The minimum atomic E-state index is -4.76. The van der Waals surface area contributed by atoms with E-state index in [0.29, 0.717) is 16.4 Å². The van der Waals surface area contributed by atoms with Crippen molar-refractivity contribution in [3.8, 4) is 11.5 Å². The zero-order valence-corrected chi connectivity index (χ0v) is 17.6. The van der Waals surface area contributed by atoms with Gasteiger partial charge in [-0.15, -0.1) is 0 Å². The first-order chi connectivity index (χ1) is 13.9. The van der Waals surface area contributed by atoms with Gasteiger partial charge in [0.1, 0.15) is 6.54 Å². The number of benzene rings is 2. The van der Waals surface area contributed by atoms with Gasteiger partial charge in [0.25, 0.3) is 10.0 Å². The van der Waals surface area contributed by atoms with Crippen molar-refractivity contribution in [2.24, 2.45) is 0 Å². The van der Waals surface area contributed by atoms with Crippen molar-refractivity contribution in [3.05, 3.63) is 47.0 Å². The molecule has 0 fully saturated rings. The molecule has 0 saturated heterocycles. The number of carbonyl (C=O) groups excluding carboxylic acids is 1. The van der Waals surface area contributed by atoms with E-state index in [9.17, 15) is 26.4 Å². The number of sulfonamides is 1. The third kappa shape index (κ3) is 4.90. The summed E-state index contributed by atoms with van der Waals surface area (Å²) >= 11 is 6.00. The van der Waals surface area contributed by atoms with E-state index in [1.807, 2.05) is 0 Å². The number of carbonyl (C=O) groups is 1. The molecule has 2 aromatic rings. The maximum atomic E-state index is 13.2. The Morgan fingerprint density at radius 3 is 2.20 bits per heavy atom. The molecule has 7 nitrogen and oxygen atoms in total. The lowest BCUT2D eigenvalue weighted by molar-refractivity contribution is -0.139. The number of alkyl halides is 3. The lowest BCUT2D eigenvalue weighted by atomic mass is 10.2. The highest BCUT2D eigenvalue weighted by molar-refractivity contribution is 7.92. The normalized spacial score (nSPS) is 11.7. The highest BCUT2D eigenvalue weighted by Crippen LogP contribution is 2.38. The van der Waals surface area contributed by atoms with E-state index in [-0.39, 0.29) is 21.4 Å². The summed E-state index contributed by atoms with van der Waals surface area (Å²) in [5.74, 6) is -0.715. The molecule has 2 rings (SSSR count). The largest absolute Gasteiger partial charge is 0.493 e. The molecule has 0 radical (unpaired) electrons. The average molecular weight is 468 g/mol. The zero-order valence-electron chi connectivity index (χ0n) is 16.0. The van der Waals surface area contributed by atoms with E-state index in [1.54, 1.807) is 0 Å². The predicted molar refractivity (Wildman–Crippen MR) is 103 cm³/mol. The van der Waals surface area contributed by atoms with Crippen LogP contribution in [-0.2, 0) is 25.7 Å². The number of anilines is 1. The van der Waals surface area contributed by atoms with Crippen molar-refractivity contribution in [1.29, 1.82) is 0 Å². The van der Waals surface area contributed by atoms with Crippen LogP contribution in [0.3, 0.4) is 0 Å². The van der Waals surface area contributed by atoms with E-state index < -0.39 is 40.0 Å². The maximum absolute atomic E-state index is 13.2. The highest BCUT2D eigenvalue weighted by atomic mass is 35.5. The minimum Gasteiger partial charge on any atom is -0.493 e. The molecule has 30 heavy (non-hydrogen) atoms. The van der Waals surface area contributed by atoms with Crippen LogP contribution in [0.25, 0.3) is 0 Å². The van der Waals surface area contributed by atoms with Crippen LogP contribution in [0, 0.1) is 0 Å². The molecule has 0 spiro atoms. The molecule has 0 saturated carbocycles. The average Bonchev–Trinajstić information content (AvgIpc) is 2.70. The van der Waals surface area contributed by atoms with Crippen LogP contribution in [0.15, 0.2) is 41.3 Å². The third-order valence-corrected chi connectivity index (χ3v) is 6.06. The molecule has 0 aromatic heterocycles. The van der Waals surface area contributed by atoms with Gasteiger partial charge in [-0.25, -0.2) is 8.42 Å². The Morgan fingerprint density at radius 1 is 1.03 bits per heavy atom. The lowest BCUT2D eigenvalue weighted by Crippen LogP contribution is -2.36. The van der Waals surface area contributed by atoms with Gasteiger partial charge in [-0.05, 0) is 30.3 Å². The van der Waals surface area contributed by atoms with Gasteiger partial charge in [0.2, 0.25) is 0 Å². The van der Waals surface area contributed by atoms with Crippen LogP contribution in [0.1, 0.15) is 5.56 Å². The highest BCUT2D eigenvalue weighted by Gasteiger charge is 2.35. The summed E-state index contributed by atoms with van der Waals surface area (Å²) in [6.07, 6.45) is -4.76. The monoisotopic (exact) mass is 467 g/mol. The predicted octanol–water partition coefficient (Wildman–Crippen LogP) is 3.74. The van der Waals surface area contributed by atoms with Crippen molar-refractivity contribution in [1.82, 2.24) is 0 Å². The first kappa shape index (κ1) is 23.6. The van der Waals surface area contributed by atoms with Crippen molar-refractivity contribution in [3.63, 3.8) is 0 Å². The molecule has 0 bridgehead atoms. The SMILES string of the molecule is COC(=O)CN(c1cc(C(F)(F)F)ccc1Cl)S(=O)(=O)c1ccc(OC)c(OC)c1. The number of hydrogen-bond donors (Lipinski definition) is 0. The first-order valence-corrected chi connectivity index (χ1v) is 9.95. The quantitative estimate of drug-likeness (QED) is 0.577. The van der Waals surface area contributed by atoms with Gasteiger partial charge in [0, 0.05) is 6.07 Å². The summed E-state index contributed by atoms with van der Waals surface area (Å²) in [5.41, 5.74) is -1.68. The Morgan fingerprint density at radius 2 is 1.67 bits per heavy atom. The number of nitrogens with zero attached hydrogens (tertiary/aromatic N) is 1. The Bertz CT molecular complexity index is 1040. The standard InChI is InChI=1S/C18H17ClF3NO6S/c1-27-15-7-5-12(9-16(15)28-2)30(25,26)23(10-17(24)29-3)14-8-11(18(20,21)22)4-6-13(14)19/h4-9H,10H2,1-3H3. The molecule has 0 N–H and O–H groups in total. The summed E-state index contributed by atoms with van der Waals surface area (Å²) in [6.45, 7) is -0.909. The molecule has 0 atom stereocenters. The Balaban J connectivity index is 2.69. The molecule has 0 unspecified atom stereocenters. The fourth-order valence-corrected chi connectivity index (χ4v) is 4.17. The molecule has 12 heteroatoms. The third-order valence-electron chi connectivity index (χ3n) is 3.99. The second kappa shape index (κ2) is 9.00. The van der Waals surface area contributed by atoms with Gasteiger partial charge < -0.3 is 14.2 Å². The van der Waals surface area contributed by atoms with Crippen molar-refractivity contribution >= 4 is 33.3 Å². The fraction of sp³-hybridized carbons (Fsp3) is 0.278. The molecule has 164 valence electrons. The number of methoxy groups -OCH3 is 3. The number of rotatable bonds is 7. The number of ether oxygens (including phenoxy) is 3. The van der Waals surface area contributed by atoms with Crippen LogP contribution in [0.2, 0.25) is 5.02 Å². The van der Waals surface area contributed by atoms with E-state index in [2.05, 4.69) is 4.74 Å². The minimum absolute atomic E-state index is 0.0618. The molecule has 0 heterocycles. The smallest absolute Gasteiger partial charge is 0.416 e. The van der Waals surface area contributed by atoms with Crippen LogP contribution in [0.5, 0.6) is 11.5 Å². The van der Waals surface area contributed by atoms with Crippen LogP contribution >= 0.6 is 11.6 Å². The van der Waals surface area contributed by atoms with Crippen molar-refractivity contribution in [2.45, 2.75) is 11.1 Å². The Hall–Kier alpha value is -2.66. The molecular formula is C18H17ClF3NO6S. The molecular weight excluding hydrogens is 451 g/mol. The zero-order chi connectivity index (χ0) is 22.7. The number of esters is 1. The second-order valence-corrected chi connectivity index (χ2v) is 8.04. The van der Waals surface area contributed by atoms with Crippen molar-refractivity contribution < 1.29 is 40.6 Å². The van der Waals surface area contributed by atoms with Gasteiger partial charge >= 0.3 is 12.1 Å². The maximum Gasteiger partial charge on any atom is 0.416 e. The van der Waals surface area contributed by atoms with Gasteiger partial charge in [0.05, 0.1) is 42.5 Å². The fourth-order valence-electron chi connectivity index (χ4n) is 2.47. The Kier molecular flexibility index (Phi) is 7.09. The summed E-state index contributed by atoms with van der Waals surface area (Å²) in [4.78, 5) is 11.5. The van der Waals surface area contributed by atoms with Crippen LogP contribution in [-0.4, -0.2) is 42.3 Å². The topological polar surface area (TPSA) is 82.1 Å². The summed E-state index contributed by atoms with van der Waals surface area (Å²) in [6, 6.07) is 5.71. The Labute approximate surface area is 176 Å². The lowest BCUT2D eigenvalue weighted by Gasteiger charge is -2.25. The number of hydrogen-bond acceptors (Lipinski definition) is 6. The molecule has 0 aliphatic carbocycles. The molecule has 0 amide bonds. The first-order valence-electron chi connectivity index (χ1n) is 8.14. The van der Waals surface area contributed by atoms with E-state index >= 15 is 0 Å². The van der Waals surface area contributed by atoms with Gasteiger partial charge in [-0.2, -0.15) is 13.2 Å². The van der Waals surface area contributed by atoms with Gasteiger partial charge in [-0.1, -0.05) is 11.6 Å². The summed E-state index contributed by atoms with van der Waals surface area (Å²) < 4.78 is 81.0. The summed E-state index contributed by atoms with van der Waals surface area (Å²) in [5, 5.41) is -0.309. The van der Waals surface area contributed by atoms with Gasteiger partial charge in [0.15, 0.2) is 11.5 Å². The van der Waals surface area contributed by atoms with Crippen LogP contribution in [0.4, 0.5) is 18.9 Å². The van der Waals surface area contributed by atoms with Crippen molar-refractivity contribution in [2.75, 3.05) is 32.2 Å². The molecule has 0 aliphatic rings. The molecule has 2 aromatic carbocycles. The second-order valence-electron chi connectivity index (χ2n) is 5.77. The van der Waals surface area contributed by atoms with E-state index in [4.69, 9.17) is 21.1 Å². The van der Waals surface area contributed by atoms with Crippen LogP contribution < -0.4 is 13.8 Å². The number of halogens is 4. The van der Waals surface area contributed by atoms with E-state index in [1.165, 1.54) is 20.3 Å². The molecule has 0 aliphatic heterocycles. The summed E-state index contributed by atoms with van der Waals surface area (Å²) in [7, 11) is -0.918. The van der Waals surface area contributed by atoms with Gasteiger partial charge in [-0.3, -0.25) is 9.10 Å².